The van der Waals surface area contributed by atoms with Gasteiger partial charge in [0.05, 0.1) is 0 Å². The first-order chi connectivity index (χ1) is 6.57. The lowest BCUT2D eigenvalue weighted by Gasteiger charge is -2.42. The van der Waals surface area contributed by atoms with Crippen LogP contribution in [0.5, 0.6) is 0 Å². The molecule has 2 fully saturated rings. The van der Waals surface area contributed by atoms with E-state index in [9.17, 15) is 8.42 Å². The second kappa shape index (κ2) is 3.96. The van der Waals surface area contributed by atoms with Gasteiger partial charge >= 0.3 is 0 Å². The van der Waals surface area contributed by atoms with Crippen molar-refractivity contribution in [1.29, 1.82) is 0 Å². The normalized spacial score (nSPS) is 31.4. The molecular formula is C8H15ClN2O2S. The van der Waals surface area contributed by atoms with Crippen LogP contribution in [-0.2, 0) is 9.24 Å². The van der Waals surface area contributed by atoms with Gasteiger partial charge in [-0.3, -0.25) is 4.90 Å². The SMILES string of the molecule is O=S(=O)(Cl)N1CCN2CCCCC2C1. The summed E-state index contributed by atoms with van der Waals surface area (Å²) in [4.78, 5) is 2.38. The Labute approximate surface area is 89.4 Å². The summed E-state index contributed by atoms with van der Waals surface area (Å²) >= 11 is 0. The molecule has 1 unspecified atom stereocenters. The Morgan fingerprint density at radius 3 is 2.64 bits per heavy atom. The van der Waals surface area contributed by atoms with E-state index in [0.717, 1.165) is 19.5 Å². The predicted octanol–water partition coefficient (Wildman–Crippen LogP) is 0.640. The Morgan fingerprint density at radius 2 is 1.93 bits per heavy atom. The van der Waals surface area contributed by atoms with Gasteiger partial charge in [-0.05, 0) is 19.4 Å². The first-order valence-corrected chi connectivity index (χ1v) is 7.28. The molecule has 1 atom stereocenters. The highest BCUT2D eigenvalue weighted by Crippen LogP contribution is 2.23. The van der Waals surface area contributed by atoms with E-state index in [0.29, 0.717) is 19.1 Å². The minimum Gasteiger partial charge on any atom is -0.298 e. The van der Waals surface area contributed by atoms with Gasteiger partial charge in [0.15, 0.2) is 0 Å². The fraction of sp³-hybridized carbons (Fsp3) is 1.00. The summed E-state index contributed by atoms with van der Waals surface area (Å²) in [7, 11) is 1.83. The minimum atomic E-state index is -3.50. The molecule has 14 heavy (non-hydrogen) atoms. The Kier molecular flexibility index (Phi) is 3.02. The van der Waals surface area contributed by atoms with E-state index in [1.54, 1.807) is 0 Å². The molecule has 0 aromatic heterocycles. The quantitative estimate of drug-likeness (QED) is 0.630. The van der Waals surface area contributed by atoms with Gasteiger partial charge in [-0.15, -0.1) is 0 Å². The molecule has 6 heteroatoms. The number of hydrogen-bond donors (Lipinski definition) is 0. The molecule has 0 aromatic carbocycles. The zero-order chi connectivity index (χ0) is 10.2. The van der Waals surface area contributed by atoms with Crippen molar-refractivity contribution in [1.82, 2.24) is 9.21 Å². The topological polar surface area (TPSA) is 40.6 Å². The van der Waals surface area contributed by atoms with E-state index >= 15 is 0 Å². The van der Waals surface area contributed by atoms with Gasteiger partial charge in [-0.25, -0.2) is 0 Å². The van der Waals surface area contributed by atoms with Crippen LogP contribution >= 0.6 is 10.7 Å². The van der Waals surface area contributed by atoms with Crippen LogP contribution < -0.4 is 0 Å². The fourth-order valence-electron chi connectivity index (χ4n) is 2.33. The summed E-state index contributed by atoms with van der Waals surface area (Å²) in [5.74, 6) is 0. The van der Waals surface area contributed by atoms with Crippen LogP contribution in [0.25, 0.3) is 0 Å². The largest absolute Gasteiger partial charge is 0.299 e. The van der Waals surface area contributed by atoms with E-state index in [1.165, 1.54) is 17.1 Å². The Bertz CT molecular complexity index is 306. The lowest BCUT2D eigenvalue weighted by molar-refractivity contribution is 0.0861. The van der Waals surface area contributed by atoms with Crippen LogP contribution in [0.4, 0.5) is 0 Å². The molecule has 0 bridgehead atoms. The molecule has 0 amide bonds. The second-order valence-electron chi connectivity index (χ2n) is 3.99. The number of piperazine rings is 1. The fourth-order valence-corrected chi connectivity index (χ4v) is 3.35. The summed E-state index contributed by atoms with van der Waals surface area (Å²) < 4.78 is 23.7. The summed E-state index contributed by atoms with van der Waals surface area (Å²) in [6.07, 6.45) is 3.55. The van der Waals surface area contributed by atoms with Crippen molar-refractivity contribution in [2.75, 3.05) is 26.2 Å². The molecule has 0 aromatic rings. The van der Waals surface area contributed by atoms with Crippen molar-refractivity contribution in [2.45, 2.75) is 25.3 Å². The first kappa shape index (κ1) is 10.7. The smallest absolute Gasteiger partial charge is 0.298 e. The van der Waals surface area contributed by atoms with Crippen LogP contribution in [-0.4, -0.2) is 49.8 Å². The highest BCUT2D eigenvalue weighted by molar-refractivity contribution is 8.11. The highest BCUT2D eigenvalue weighted by Gasteiger charge is 2.33. The standard InChI is InChI=1S/C8H15ClN2O2S/c9-14(12,13)11-6-5-10-4-2-1-3-8(10)7-11/h8H,1-7H2. The molecule has 2 saturated heterocycles. The van der Waals surface area contributed by atoms with Crippen molar-refractivity contribution in [3.8, 4) is 0 Å². The Hall–Kier alpha value is 0.160. The van der Waals surface area contributed by atoms with Crippen LogP contribution in [0.15, 0.2) is 0 Å². The van der Waals surface area contributed by atoms with E-state index in [2.05, 4.69) is 4.90 Å². The monoisotopic (exact) mass is 238 g/mol. The maximum absolute atomic E-state index is 11.1. The summed E-state index contributed by atoms with van der Waals surface area (Å²) in [6.45, 7) is 3.06. The van der Waals surface area contributed by atoms with E-state index < -0.39 is 9.24 Å². The minimum absolute atomic E-state index is 0.394. The maximum atomic E-state index is 11.1. The van der Waals surface area contributed by atoms with Gasteiger partial charge in [0.25, 0.3) is 9.24 Å². The van der Waals surface area contributed by atoms with Crippen LogP contribution in [0.3, 0.4) is 0 Å². The zero-order valence-corrected chi connectivity index (χ0v) is 9.60. The van der Waals surface area contributed by atoms with Crippen molar-refractivity contribution >= 4 is 19.9 Å². The first-order valence-electron chi connectivity index (χ1n) is 5.01. The number of fused-ring (bicyclic) bond motifs is 1. The van der Waals surface area contributed by atoms with Crippen LogP contribution in [0.1, 0.15) is 19.3 Å². The van der Waals surface area contributed by atoms with Crippen molar-refractivity contribution < 1.29 is 8.42 Å². The van der Waals surface area contributed by atoms with Gasteiger partial charge in [0.2, 0.25) is 0 Å². The number of piperidine rings is 1. The molecule has 0 aliphatic carbocycles. The number of rotatable bonds is 1. The van der Waals surface area contributed by atoms with Gasteiger partial charge in [0.1, 0.15) is 0 Å². The van der Waals surface area contributed by atoms with Gasteiger partial charge in [-0.2, -0.15) is 12.7 Å². The number of nitrogens with zero attached hydrogens (tertiary/aromatic N) is 2. The summed E-state index contributed by atoms with van der Waals surface area (Å²) in [5, 5.41) is 0. The molecule has 0 N–H and O–H groups in total. The molecule has 4 nitrogen and oxygen atoms in total. The van der Waals surface area contributed by atoms with E-state index in [1.807, 2.05) is 0 Å². The lowest BCUT2D eigenvalue weighted by atomic mass is 10.0. The Morgan fingerprint density at radius 1 is 1.14 bits per heavy atom. The van der Waals surface area contributed by atoms with E-state index in [4.69, 9.17) is 10.7 Å². The highest BCUT2D eigenvalue weighted by atomic mass is 35.7. The van der Waals surface area contributed by atoms with Crippen molar-refractivity contribution in [3.05, 3.63) is 0 Å². The molecule has 2 aliphatic rings. The second-order valence-corrected chi connectivity index (χ2v) is 6.50. The Balaban J connectivity index is 2.03. The summed E-state index contributed by atoms with van der Waals surface area (Å²) in [6, 6.07) is 0.394. The molecule has 2 rings (SSSR count). The molecule has 2 heterocycles. The van der Waals surface area contributed by atoms with Gasteiger partial charge in [-0.1, -0.05) is 6.42 Å². The molecule has 82 valence electrons. The van der Waals surface area contributed by atoms with Crippen molar-refractivity contribution in [2.24, 2.45) is 0 Å². The molecule has 0 spiro atoms. The third kappa shape index (κ3) is 2.21. The average molecular weight is 239 g/mol. The van der Waals surface area contributed by atoms with E-state index in [-0.39, 0.29) is 0 Å². The van der Waals surface area contributed by atoms with Gasteiger partial charge in [0, 0.05) is 36.4 Å². The molecule has 0 saturated carbocycles. The predicted molar refractivity (Wildman–Crippen MR) is 55.6 cm³/mol. The molecular weight excluding hydrogens is 224 g/mol. The zero-order valence-electron chi connectivity index (χ0n) is 8.02. The summed E-state index contributed by atoms with van der Waals surface area (Å²) in [5.41, 5.74) is 0. The molecule has 2 aliphatic heterocycles. The van der Waals surface area contributed by atoms with Crippen LogP contribution in [0, 0.1) is 0 Å². The maximum Gasteiger partial charge on any atom is 0.299 e. The number of halogens is 1. The number of hydrogen-bond acceptors (Lipinski definition) is 3. The average Bonchev–Trinajstić information content (AvgIpc) is 2.16. The van der Waals surface area contributed by atoms with Crippen LogP contribution in [0.2, 0.25) is 0 Å². The third-order valence-corrected chi connectivity index (χ3v) is 4.64. The van der Waals surface area contributed by atoms with Gasteiger partial charge < -0.3 is 0 Å². The van der Waals surface area contributed by atoms with Crippen molar-refractivity contribution in [3.63, 3.8) is 0 Å². The lowest BCUT2D eigenvalue weighted by Crippen LogP contribution is -2.55. The third-order valence-electron chi connectivity index (χ3n) is 3.11. The molecule has 0 radical (unpaired) electrons.